The topological polar surface area (TPSA) is 45.8 Å². The average Bonchev–Trinajstić information content (AvgIpc) is 3.38. The van der Waals surface area contributed by atoms with Gasteiger partial charge in [-0.2, -0.15) is 0 Å². The average molecular weight is 504 g/mol. The number of hydrogen-bond donors (Lipinski definition) is 1. The summed E-state index contributed by atoms with van der Waals surface area (Å²) >= 11 is 0. The number of rotatable bonds is 6. The van der Waals surface area contributed by atoms with E-state index in [9.17, 15) is 0 Å². The summed E-state index contributed by atoms with van der Waals surface area (Å²) in [5, 5.41) is 13.6. The molecule has 0 aliphatic heterocycles. The minimum absolute atomic E-state index is 0.563. The quantitative estimate of drug-likeness (QED) is 0.230. The van der Waals surface area contributed by atoms with Gasteiger partial charge in [-0.1, -0.05) is 72.8 Å². The van der Waals surface area contributed by atoms with Gasteiger partial charge in [0.25, 0.3) is 0 Å². The maximum Gasteiger partial charge on any atom is 0.569 e. The lowest BCUT2D eigenvalue weighted by Crippen LogP contribution is -2.10. The molecule has 185 valence electrons. The Morgan fingerprint density at radius 3 is 2.00 bits per heavy atom. The van der Waals surface area contributed by atoms with Crippen LogP contribution < -0.4 is 9.55 Å². The Morgan fingerprint density at radius 1 is 0.564 bits per heavy atom. The molecule has 0 fully saturated rings. The molecule has 1 heterocycles. The van der Waals surface area contributed by atoms with E-state index in [-0.39, 0.29) is 0 Å². The molecule has 4 nitrogen and oxygen atoms in total. The van der Waals surface area contributed by atoms with Gasteiger partial charge < -0.3 is 19.0 Å². The van der Waals surface area contributed by atoms with Gasteiger partial charge in [0, 0.05) is 27.8 Å². The normalized spacial score (nSPS) is 11.2. The number of nitrogens with zero attached hydrogens (tertiary/aromatic N) is 1. The Balaban J connectivity index is 1.36. The third-order valence-electron chi connectivity index (χ3n) is 7.12. The predicted octanol–water partition coefficient (Wildman–Crippen LogP) is 8.78. The molecule has 0 amide bonds. The van der Waals surface area contributed by atoms with Crippen molar-refractivity contribution in [2.45, 2.75) is 0 Å². The lowest BCUT2D eigenvalue weighted by Gasteiger charge is -2.26. The molecule has 0 saturated heterocycles. The molecular weight excluding hydrogens is 481 g/mol. The predicted molar refractivity (Wildman–Crippen MR) is 160 cm³/mol. The second-order valence-corrected chi connectivity index (χ2v) is 9.41. The molecule has 0 saturated carbocycles. The first-order valence-corrected chi connectivity index (χ1v) is 12.8. The first kappa shape index (κ1) is 23.1. The first-order valence-electron chi connectivity index (χ1n) is 12.8. The van der Waals surface area contributed by atoms with E-state index in [1.165, 1.54) is 5.56 Å². The Hall–Kier alpha value is -5.00. The summed E-state index contributed by atoms with van der Waals surface area (Å²) in [5.41, 5.74) is 7.17. The molecule has 1 N–H and O–H groups in total. The molecule has 7 aromatic rings. The Bertz CT molecular complexity index is 1910. The summed E-state index contributed by atoms with van der Waals surface area (Å²) in [6.45, 7) is 0. The van der Waals surface area contributed by atoms with E-state index in [0.717, 1.165) is 55.3 Å². The zero-order chi connectivity index (χ0) is 26.2. The van der Waals surface area contributed by atoms with Crippen LogP contribution in [0.4, 0.5) is 17.1 Å². The summed E-state index contributed by atoms with van der Waals surface area (Å²) in [6, 6.07) is 45.5. The molecule has 0 aliphatic rings. The van der Waals surface area contributed by atoms with Crippen molar-refractivity contribution in [1.82, 2.24) is 0 Å². The fourth-order valence-electron chi connectivity index (χ4n) is 5.30. The van der Waals surface area contributed by atoms with Gasteiger partial charge in [0.1, 0.15) is 16.9 Å². The fraction of sp³-hybridized carbons (Fsp3) is 0. The van der Waals surface area contributed by atoms with Crippen LogP contribution in [-0.2, 0) is 0 Å². The van der Waals surface area contributed by atoms with Crippen LogP contribution in [0.15, 0.2) is 138 Å². The third-order valence-corrected chi connectivity index (χ3v) is 7.12. The number of para-hydroxylation sites is 1. The molecule has 5 heteroatoms. The summed E-state index contributed by atoms with van der Waals surface area (Å²) in [5.74, 6) is 0.563. The highest BCUT2D eigenvalue weighted by molar-refractivity contribution is 6.19. The van der Waals surface area contributed by atoms with Crippen molar-refractivity contribution in [3.05, 3.63) is 133 Å². The van der Waals surface area contributed by atoms with Gasteiger partial charge in [-0.3, -0.25) is 0 Å². The van der Waals surface area contributed by atoms with Gasteiger partial charge in [0.05, 0.1) is 0 Å². The second-order valence-electron chi connectivity index (χ2n) is 9.41. The minimum Gasteiger partial charge on any atom is -0.537 e. The van der Waals surface area contributed by atoms with Crippen LogP contribution >= 0.6 is 0 Å². The van der Waals surface area contributed by atoms with Crippen molar-refractivity contribution in [1.29, 1.82) is 0 Å². The first-order chi connectivity index (χ1) is 19.3. The zero-order valence-electron chi connectivity index (χ0n) is 21.0. The van der Waals surface area contributed by atoms with E-state index in [0.29, 0.717) is 13.4 Å². The molecule has 6 aromatic carbocycles. The Morgan fingerprint density at radius 2 is 1.23 bits per heavy atom. The molecule has 0 aliphatic carbocycles. The monoisotopic (exact) mass is 504 g/mol. The summed E-state index contributed by atoms with van der Waals surface area (Å²) in [4.78, 5) is 2.22. The minimum atomic E-state index is 0.563. The van der Waals surface area contributed by atoms with Crippen molar-refractivity contribution < 1.29 is 14.1 Å². The van der Waals surface area contributed by atoms with E-state index >= 15 is 0 Å². The second kappa shape index (κ2) is 9.71. The van der Waals surface area contributed by atoms with E-state index in [1.54, 1.807) is 0 Å². The SMILES string of the molecule is O[B]Oc1ccc(N(c2ccc(-c3ccccc3)cc2)c2ccc3c(ccc4oc5ccccc5c43)c2)cc1. The fourth-order valence-corrected chi connectivity index (χ4v) is 5.30. The van der Waals surface area contributed by atoms with E-state index in [2.05, 4.69) is 89.8 Å². The highest BCUT2D eigenvalue weighted by Gasteiger charge is 2.16. The Labute approximate surface area is 226 Å². The molecular formula is C34H23BNO3. The van der Waals surface area contributed by atoms with Gasteiger partial charge in [-0.15, -0.1) is 0 Å². The lowest BCUT2D eigenvalue weighted by molar-refractivity contribution is 0.454. The van der Waals surface area contributed by atoms with Gasteiger partial charge in [-0.25, -0.2) is 0 Å². The van der Waals surface area contributed by atoms with Gasteiger partial charge in [-0.05, 0) is 82.6 Å². The molecule has 0 unspecified atom stereocenters. The highest BCUT2D eigenvalue weighted by Crippen LogP contribution is 2.40. The van der Waals surface area contributed by atoms with Crippen LogP contribution in [-0.4, -0.2) is 12.7 Å². The van der Waals surface area contributed by atoms with E-state index < -0.39 is 0 Å². The largest absolute Gasteiger partial charge is 0.569 e. The van der Waals surface area contributed by atoms with Crippen molar-refractivity contribution in [3.8, 4) is 16.9 Å². The maximum atomic E-state index is 9.04. The lowest BCUT2D eigenvalue weighted by atomic mass is 10.0. The molecule has 7 rings (SSSR count). The van der Waals surface area contributed by atoms with Crippen molar-refractivity contribution >= 4 is 57.5 Å². The molecule has 1 radical (unpaired) electrons. The van der Waals surface area contributed by atoms with Crippen molar-refractivity contribution in [2.24, 2.45) is 0 Å². The molecule has 0 atom stereocenters. The van der Waals surface area contributed by atoms with Crippen molar-refractivity contribution in [2.75, 3.05) is 4.90 Å². The smallest absolute Gasteiger partial charge is 0.537 e. The van der Waals surface area contributed by atoms with Gasteiger partial charge in [0.15, 0.2) is 0 Å². The number of hydrogen-bond acceptors (Lipinski definition) is 4. The van der Waals surface area contributed by atoms with Crippen LogP contribution in [0.1, 0.15) is 0 Å². The van der Waals surface area contributed by atoms with E-state index in [1.807, 2.05) is 48.5 Å². The molecule has 39 heavy (non-hydrogen) atoms. The molecule has 1 aromatic heterocycles. The zero-order valence-corrected chi connectivity index (χ0v) is 21.0. The standard InChI is InChI=1S/C34H23BNO3/c37-35-39-29-18-15-27(16-19-29)36(26-13-10-24(11-14-26)23-6-2-1-3-7-23)28-17-20-30-25(22-28)12-21-33-34(30)31-8-4-5-9-32(31)38-33/h1-22,37H. The third kappa shape index (κ3) is 4.19. The van der Waals surface area contributed by atoms with Crippen LogP contribution in [0.3, 0.4) is 0 Å². The Kier molecular flexibility index (Phi) is 5.76. The van der Waals surface area contributed by atoms with Crippen LogP contribution in [0, 0.1) is 0 Å². The van der Waals surface area contributed by atoms with Gasteiger partial charge >= 0.3 is 7.69 Å². The van der Waals surface area contributed by atoms with Crippen LogP contribution in [0.2, 0.25) is 0 Å². The number of benzene rings is 6. The summed E-state index contributed by atoms with van der Waals surface area (Å²) < 4.78 is 11.3. The van der Waals surface area contributed by atoms with E-state index in [4.69, 9.17) is 14.1 Å². The van der Waals surface area contributed by atoms with Crippen molar-refractivity contribution in [3.63, 3.8) is 0 Å². The van der Waals surface area contributed by atoms with Gasteiger partial charge in [0.2, 0.25) is 0 Å². The van der Waals surface area contributed by atoms with Crippen LogP contribution in [0.5, 0.6) is 5.75 Å². The number of fused-ring (bicyclic) bond motifs is 5. The summed E-state index contributed by atoms with van der Waals surface area (Å²) in [7, 11) is 0.693. The highest BCUT2D eigenvalue weighted by atomic mass is 16.5. The number of anilines is 3. The molecule has 0 spiro atoms. The maximum absolute atomic E-state index is 9.04. The number of furan rings is 1. The molecule has 0 bridgehead atoms. The summed E-state index contributed by atoms with van der Waals surface area (Å²) in [6.07, 6.45) is 0. The van der Waals surface area contributed by atoms with Crippen LogP contribution in [0.25, 0.3) is 43.8 Å².